The van der Waals surface area contributed by atoms with Gasteiger partial charge in [-0.3, -0.25) is 18.7 Å². The Morgan fingerprint density at radius 2 is 1.32 bits per heavy atom. The first-order valence-electron chi connectivity index (χ1n) is 28.9. The molecule has 0 radical (unpaired) electrons. The van der Waals surface area contributed by atoms with Crippen LogP contribution in [0, 0.1) is 45.3 Å². The Morgan fingerprint density at radius 3 is 1.95 bits per heavy atom. The minimum Gasteiger partial charge on any atom is -0.458 e. The van der Waals surface area contributed by atoms with E-state index in [9.17, 15) is 76.4 Å². The molecule has 4 aliphatic carbocycles. The Balaban J connectivity index is 0.912. The van der Waals surface area contributed by atoms with Gasteiger partial charge < -0.3 is 88.2 Å². The molecule has 10 N–H and O–H groups in total. The average molecular weight is 1250 g/mol. The van der Waals surface area contributed by atoms with Crippen molar-refractivity contribution in [3.05, 3.63) is 11.6 Å². The van der Waals surface area contributed by atoms with Crippen LogP contribution in [-0.2, 0) is 86.1 Å². The van der Waals surface area contributed by atoms with Crippen molar-refractivity contribution in [1.29, 1.82) is 0 Å². The van der Waals surface area contributed by atoms with Gasteiger partial charge >= 0.3 is 26.8 Å². The Hall–Kier alpha value is -2.06. The monoisotopic (exact) mass is 1250 g/mol. The van der Waals surface area contributed by atoms with Crippen LogP contribution in [0.2, 0.25) is 0 Å². The van der Waals surface area contributed by atoms with Gasteiger partial charge in [-0.25, -0.2) is 8.37 Å². The number of allylic oxidation sites excluding steroid dienone is 2. The zero-order chi connectivity index (χ0) is 61.8. The second kappa shape index (κ2) is 24.3. The van der Waals surface area contributed by atoms with Crippen molar-refractivity contribution < 1.29 is 132 Å². The summed E-state index contributed by atoms with van der Waals surface area (Å²) in [7, 11) is -9.25. The Labute approximate surface area is 488 Å². The summed E-state index contributed by atoms with van der Waals surface area (Å²) < 4.78 is 135. The molecule has 0 aromatic heterocycles. The molecule has 8 fully saturated rings. The number of fused-ring (bicyclic) bond motifs is 4. The van der Waals surface area contributed by atoms with Crippen LogP contribution < -0.4 is 0 Å². The molecule has 3 saturated carbocycles. The number of carbonyl (C=O) groups excluding carboxylic acids is 2. The van der Waals surface area contributed by atoms with Crippen molar-refractivity contribution >= 4 is 32.6 Å². The molecule has 0 aromatic rings. The van der Waals surface area contributed by atoms with Crippen LogP contribution in [0.5, 0.6) is 0 Å². The van der Waals surface area contributed by atoms with E-state index in [1.807, 2.05) is 20.8 Å². The van der Waals surface area contributed by atoms with Gasteiger partial charge in [0.2, 0.25) is 0 Å². The van der Waals surface area contributed by atoms with Crippen molar-refractivity contribution in [2.45, 2.75) is 242 Å². The van der Waals surface area contributed by atoms with Gasteiger partial charge in [0.15, 0.2) is 25.2 Å². The molecular weight excluding hydrogens is 1160 g/mol. The van der Waals surface area contributed by atoms with E-state index in [0.717, 1.165) is 26.4 Å². The number of aliphatic hydroxyl groups is 8. The number of aliphatic hydroxyl groups excluding tert-OH is 8. The fraction of sp³-hybridized carbons (Fsp3) is 0.926. The summed E-state index contributed by atoms with van der Waals surface area (Å²) in [6, 6.07) is 0. The fourth-order valence-corrected chi connectivity index (χ4v) is 17.3. The van der Waals surface area contributed by atoms with Crippen LogP contribution in [0.25, 0.3) is 0 Å². The summed E-state index contributed by atoms with van der Waals surface area (Å²) in [5, 5.41) is 89.6. The van der Waals surface area contributed by atoms with Crippen molar-refractivity contribution in [1.82, 2.24) is 0 Å². The molecule has 0 amide bonds. The highest BCUT2D eigenvalue weighted by Gasteiger charge is 2.76. The fourth-order valence-electron chi connectivity index (χ4n) is 16.5. The highest BCUT2D eigenvalue weighted by molar-refractivity contribution is 7.81. The smallest absolute Gasteiger partial charge is 0.397 e. The van der Waals surface area contributed by atoms with E-state index in [2.05, 4.69) is 38.0 Å². The largest absolute Gasteiger partial charge is 0.458 e. The average Bonchev–Trinajstić information content (AvgIpc) is 1.44. The number of esters is 1. The van der Waals surface area contributed by atoms with Gasteiger partial charge in [0.05, 0.1) is 37.4 Å². The second-order valence-corrected chi connectivity index (χ2v) is 28.5. The number of rotatable bonds is 19. The summed E-state index contributed by atoms with van der Waals surface area (Å²) in [5.41, 5.74) is -1.82. The minimum absolute atomic E-state index is 0.00754. The van der Waals surface area contributed by atoms with Gasteiger partial charge in [0, 0.05) is 31.3 Å². The normalized spacial score (nSPS) is 48.6. The number of hydrogen-bond donors (Lipinski definition) is 10. The molecule has 30 heteroatoms. The standard InChI is InChI=1S/C54H86O28S2/c1-23(2)18-25(56)19-53(8)32-13-16-52(7)27-10-11-31-50(4,5)33(14-15-51(31,6)26(27)12-17-54(32,52)49(64)81-53)77-48-44(36(59)30(21-72-48)82-84(68,69)70)80-45-38(61)37(60)41(24(3)74-45)78-47-40(63)43(35(58)29(76-47)22-73-83(65,66)67)79-46-39(62)42(71-9)34(57)28(20-55)75-46/h10,23-24,26,28-48,55,57-63H,11-22H2,1-9H3,(H,65,66,67)(H,68,69,70)/t24-,26-,28-,29-,30-,31+,32-,33+,34-,35-,36+,37-,38-,39-,40-,41-,42+,43+,44-,45+,46+,47+,48+,51-,52+,53+,54-/m1/s1. The molecule has 5 heterocycles. The highest BCUT2D eigenvalue weighted by Crippen LogP contribution is 2.76. The molecule has 482 valence electrons. The molecule has 28 nitrogen and oxygen atoms in total. The van der Waals surface area contributed by atoms with E-state index in [4.69, 9.17) is 51.6 Å². The molecule has 1 spiro atoms. The van der Waals surface area contributed by atoms with Crippen LogP contribution in [0.1, 0.15) is 113 Å². The molecule has 0 bridgehead atoms. The van der Waals surface area contributed by atoms with E-state index >= 15 is 0 Å². The number of carbonyl (C=O) groups is 2. The highest BCUT2D eigenvalue weighted by atomic mass is 32.3. The number of ketones is 1. The first kappa shape index (κ1) is 66.4. The van der Waals surface area contributed by atoms with Gasteiger partial charge in [0.25, 0.3) is 0 Å². The molecule has 5 saturated heterocycles. The summed E-state index contributed by atoms with van der Waals surface area (Å²) in [6.07, 6.45) is -27.4. The maximum Gasteiger partial charge on any atom is 0.397 e. The minimum atomic E-state index is -5.21. The lowest BCUT2D eigenvalue weighted by Crippen LogP contribution is -2.67. The van der Waals surface area contributed by atoms with E-state index in [1.165, 1.54) is 12.5 Å². The lowest BCUT2D eigenvalue weighted by molar-refractivity contribution is -0.389. The predicted molar refractivity (Wildman–Crippen MR) is 282 cm³/mol. The molecule has 0 unspecified atom stereocenters. The maximum atomic E-state index is 14.4. The lowest BCUT2D eigenvalue weighted by Gasteiger charge is -2.64. The first-order chi connectivity index (χ1) is 39.0. The van der Waals surface area contributed by atoms with Crippen molar-refractivity contribution in [2.75, 3.05) is 26.9 Å². The van der Waals surface area contributed by atoms with Crippen LogP contribution in [0.15, 0.2) is 11.6 Å². The molecule has 27 atom stereocenters. The van der Waals surface area contributed by atoms with Gasteiger partial charge in [0.1, 0.15) is 96.8 Å². The third-order valence-electron chi connectivity index (χ3n) is 20.5. The third kappa shape index (κ3) is 12.0. The summed E-state index contributed by atoms with van der Waals surface area (Å²) in [6.45, 7) is 13.3. The van der Waals surface area contributed by atoms with Crippen LogP contribution in [0.3, 0.4) is 0 Å². The van der Waals surface area contributed by atoms with Crippen LogP contribution in [-0.4, -0.2) is 234 Å². The van der Waals surface area contributed by atoms with Crippen molar-refractivity contribution in [3.63, 3.8) is 0 Å². The van der Waals surface area contributed by atoms with Gasteiger partial charge in [-0.1, -0.05) is 53.2 Å². The van der Waals surface area contributed by atoms with Gasteiger partial charge in [-0.2, -0.15) is 16.8 Å². The molecule has 0 aromatic carbocycles. The van der Waals surface area contributed by atoms with E-state index in [1.54, 1.807) is 0 Å². The number of hydrogen-bond acceptors (Lipinski definition) is 26. The quantitative estimate of drug-likeness (QED) is 0.0444. The Kier molecular flexibility index (Phi) is 19.2. The van der Waals surface area contributed by atoms with Crippen molar-refractivity contribution in [3.8, 4) is 0 Å². The summed E-state index contributed by atoms with van der Waals surface area (Å²) in [5.74, 6) is 0.0274. The molecular formula is C54H86O28S2. The van der Waals surface area contributed by atoms with Gasteiger partial charge in [-0.15, -0.1) is 0 Å². The molecule has 84 heavy (non-hydrogen) atoms. The summed E-state index contributed by atoms with van der Waals surface area (Å²) in [4.78, 5) is 27.7. The van der Waals surface area contributed by atoms with Crippen LogP contribution in [0.4, 0.5) is 0 Å². The lowest BCUT2D eigenvalue weighted by atomic mass is 9.41. The number of cyclic esters (lactones) is 1. The number of Topliss-reactive ketones (excluding diaryl/α,β-unsaturated/α-hetero) is 1. The van der Waals surface area contributed by atoms with Gasteiger partial charge in [-0.05, 0) is 87.4 Å². The van der Waals surface area contributed by atoms with E-state index in [-0.39, 0.29) is 47.3 Å². The zero-order valence-corrected chi connectivity index (χ0v) is 50.2. The van der Waals surface area contributed by atoms with E-state index < -0.39 is 185 Å². The zero-order valence-electron chi connectivity index (χ0n) is 48.6. The Morgan fingerprint density at radius 1 is 0.702 bits per heavy atom. The SMILES string of the molecule is CO[C@@H]1[C@@H](O)[C@H](O[C@@H]2[C@@H](O)[C@H](O[C@H]3[C@H](O)[C@@H](O)[C@H](O[C@H]4[C@H](O[C@H]5CC[C@]6(C)[C@@H]7CC[C@]89C(=O)O[C@@](C)(CC(=O)CC(C)C)[C@H]8CC[C@@]9(C)C7=CC[C@H]6C5(C)C)OC[C@@H](OS(=O)(=O)O)[C@@H]4O)O[C@@H]3C)O[C@H](COS(=O)(=O)O)[C@H]2O)O[C@H](CO)[C@H]1O. The number of ether oxygens (including phenoxy) is 10. The molecule has 9 aliphatic rings. The summed E-state index contributed by atoms with van der Waals surface area (Å²) >= 11 is 0. The maximum absolute atomic E-state index is 14.4. The van der Waals surface area contributed by atoms with E-state index in [0.29, 0.717) is 32.1 Å². The third-order valence-corrected chi connectivity index (χ3v) is 21.4. The first-order valence-corrected chi connectivity index (χ1v) is 31.6. The van der Waals surface area contributed by atoms with Crippen LogP contribution >= 0.6 is 0 Å². The second-order valence-electron chi connectivity index (χ2n) is 26.3. The van der Waals surface area contributed by atoms with Crippen molar-refractivity contribution in [2.24, 2.45) is 45.3 Å². The predicted octanol–water partition coefficient (Wildman–Crippen LogP) is -0.475. The topological polar surface area (TPSA) is 415 Å². The Bertz CT molecular complexity index is 2640. The number of methoxy groups -OCH3 is 1. The molecule has 9 rings (SSSR count). The molecule has 5 aliphatic heterocycles.